The maximum Gasteiger partial charge on any atom is 0.270 e. The number of carbonyl (C=O) groups excluding carboxylic acids is 1. The van der Waals surface area contributed by atoms with Gasteiger partial charge in [0.15, 0.2) is 0 Å². The number of hydrogen-bond donors (Lipinski definition) is 1. The number of aromatic nitrogens is 4. The van der Waals surface area contributed by atoms with Crippen LogP contribution in [0.5, 0.6) is 0 Å². The molecule has 2 heterocycles. The summed E-state index contributed by atoms with van der Waals surface area (Å²) in [4.78, 5) is 16.8. The van der Waals surface area contributed by atoms with Crippen LogP contribution in [0.2, 0.25) is 0 Å². The molecular weight excluding hydrogens is 338 g/mol. The van der Waals surface area contributed by atoms with E-state index in [4.69, 9.17) is 0 Å². The van der Waals surface area contributed by atoms with Gasteiger partial charge in [0, 0.05) is 31.0 Å². The highest BCUT2D eigenvalue weighted by Crippen LogP contribution is 2.21. The van der Waals surface area contributed by atoms with Crippen LogP contribution in [0.4, 0.5) is 0 Å². The fourth-order valence-corrected chi connectivity index (χ4v) is 2.87. The number of carbonyl (C=O) groups is 1. The summed E-state index contributed by atoms with van der Waals surface area (Å²) < 4.78 is 3.61. The lowest BCUT2D eigenvalue weighted by molar-refractivity contribution is 0.0944. The van der Waals surface area contributed by atoms with E-state index in [9.17, 15) is 4.79 Å². The smallest absolute Gasteiger partial charge is 0.270 e. The van der Waals surface area contributed by atoms with Crippen LogP contribution in [0.1, 0.15) is 10.5 Å². The lowest BCUT2D eigenvalue weighted by Gasteiger charge is -2.08. The molecule has 2 aromatic carbocycles. The minimum atomic E-state index is -0.159. The summed E-state index contributed by atoms with van der Waals surface area (Å²) in [5.74, 6) is -0.159. The molecule has 0 saturated heterocycles. The van der Waals surface area contributed by atoms with Crippen molar-refractivity contribution in [2.75, 3.05) is 6.54 Å². The highest BCUT2D eigenvalue weighted by Gasteiger charge is 2.17. The van der Waals surface area contributed by atoms with Crippen molar-refractivity contribution >= 4 is 5.91 Å². The monoisotopic (exact) mass is 357 g/mol. The maximum absolute atomic E-state index is 12.8. The number of para-hydroxylation sites is 1. The van der Waals surface area contributed by atoms with Gasteiger partial charge in [-0.2, -0.15) is 5.10 Å². The van der Waals surface area contributed by atoms with Crippen LogP contribution in [0.15, 0.2) is 85.5 Å². The van der Waals surface area contributed by atoms with E-state index in [0.29, 0.717) is 18.8 Å². The number of rotatable bonds is 6. The molecule has 0 fully saturated rings. The van der Waals surface area contributed by atoms with E-state index in [1.807, 2.05) is 77.5 Å². The van der Waals surface area contributed by atoms with Gasteiger partial charge in [0.05, 0.1) is 17.7 Å². The fourth-order valence-electron chi connectivity index (χ4n) is 2.87. The molecule has 0 unspecified atom stereocenters. The summed E-state index contributed by atoms with van der Waals surface area (Å²) in [6, 6.07) is 21.3. The van der Waals surface area contributed by atoms with Crippen LogP contribution in [0.3, 0.4) is 0 Å². The highest BCUT2D eigenvalue weighted by molar-refractivity contribution is 5.94. The van der Waals surface area contributed by atoms with E-state index >= 15 is 0 Å². The van der Waals surface area contributed by atoms with Crippen molar-refractivity contribution in [3.63, 3.8) is 0 Å². The SMILES string of the molecule is O=C(NCCn1ccnc1)c1cc(-c2ccccc2)nn1-c1ccccc1. The number of hydrogen-bond acceptors (Lipinski definition) is 3. The van der Waals surface area contributed by atoms with Crippen molar-refractivity contribution in [3.05, 3.63) is 91.1 Å². The first-order chi connectivity index (χ1) is 13.3. The summed E-state index contributed by atoms with van der Waals surface area (Å²) >= 11 is 0. The minimum absolute atomic E-state index is 0.159. The Hall–Kier alpha value is -3.67. The average molecular weight is 357 g/mol. The van der Waals surface area contributed by atoms with Crippen molar-refractivity contribution < 1.29 is 4.79 Å². The molecule has 134 valence electrons. The highest BCUT2D eigenvalue weighted by atomic mass is 16.2. The Morgan fingerprint density at radius 2 is 1.74 bits per heavy atom. The Bertz CT molecular complexity index is 1010. The third-order valence-electron chi connectivity index (χ3n) is 4.23. The summed E-state index contributed by atoms with van der Waals surface area (Å²) in [5, 5.41) is 7.63. The number of nitrogens with zero attached hydrogens (tertiary/aromatic N) is 4. The molecule has 1 amide bonds. The van der Waals surface area contributed by atoms with Gasteiger partial charge in [-0.05, 0) is 18.2 Å². The van der Waals surface area contributed by atoms with Gasteiger partial charge in [0.1, 0.15) is 5.69 Å². The quantitative estimate of drug-likeness (QED) is 0.576. The van der Waals surface area contributed by atoms with E-state index in [-0.39, 0.29) is 5.91 Å². The maximum atomic E-state index is 12.8. The lowest BCUT2D eigenvalue weighted by atomic mass is 10.1. The van der Waals surface area contributed by atoms with E-state index in [0.717, 1.165) is 16.9 Å². The molecule has 2 aromatic heterocycles. The first kappa shape index (κ1) is 16.8. The van der Waals surface area contributed by atoms with Gasteiger partial charge in [0.2, 0.25) is 0 Å². The van der Waals surface area contributed by atoms with Crippen molar-refractivity contribution in [1.82, 2.24) is 24.6 Å². The Morgan fingerprint density at radius 1 is 1.00 bits per heavy atom. The van der Waals surface area contributed by atoms with E-state index in [1.165, 1.54) is 0 Å². The first-order valence-electron chi connectivity index (χ1n) is 8.76. The predicted molar refractivity (Wildman–Crippen MR) is 104 cm³/mol. The predicted octanol–water partition coefficient (Wildman–Crippen LogP) is 3.17. The van der Waals surface area contributed by atoms with Gasteiger partial charge in [-0.1, -0.05) is 48.5 Å². The zero-order chi connectivity index (χ0) is 18.5. The van der Waals surface area contributed by atoms with Crippen LogP contribution in [0.25, 0.3) is 16.9 Å². The van der Waals surface area contributed by atoms with Gasteiger partial charge in [-0.15, -0.1) is 0 Å². The van der Waals surface area contributed by atoms with Crippen molar-refractivity contribution in [2.45, 2.75) is 6.54 Å². The first-order valence-corrected chi connectivity index (χ1v) is 8.76. The molecule has 1 N–H and O–H groups in total. The van der Waals surface area contributed by atoms with Crippen LogP contribution >= 0.6 is 0 Å². The number of amides is 1. The number of imidazole rings is 1. The van der Waals surface area contributed by atoms with Crippen molar-refractivity contribution in [1.29, 1.82) is 0 Å². The molecule has 0 spiro atoms. The van der Waals surface area contributed by atoms with Crippen LogP contribution in [-0.2, 0) is 6.54 Å². The largest absolute Gasteiger partial charge is 0.349 e. The van der Waals surface area contributed by atoms with E-state index < -0.39 is 0 Å². The second-order valence-corrected chi connectivity index (χ2v) is 6.08. The molecule has 0 aliphatic rings. The standard InChI is InChI=1S/C21H19N5O/c27-21(23-12-14-25-13-11-22-16-25)20-15-19(17-7-3-1-4-8-17)24-26(20)18-9-5-2-6-10-18/h1-11,13,15-16H,12,14H2,(H,23,27). The summed E-state index contributed by atoms with van der Waals surface area (Å²) in [6.07, 6.45) is 5.32. The average Bonchev–Trinajstić information content (AvgIpc) is 3.39. The van der Waals surface area contributed by atoms with E-state index in [2.05, 4.69) is 15.4 Å². The molecule has 27 heavy (non-hydrogen) atoms. The second-order valence-electron chi connectivity index (χ2n) is 6.08. The molecule has 0 aliphatic carbocycles. The molecule has 0 radical (unpaired) electrons. The molecule has 0 atom stereocenters. The summed E-state index contributed by atoms with van der Waals surface area (Å²) in [5.41, 5.74) is 3.09. The molecule has 0 aliphatic heterocycles. The van der Waals surface area contributed by atoms with Gasteiger partial charge >= 0.3 is 0 Å². The summed E-state index contributed by atoms with van der Waals surface area (Å²) in [6.45, 7) is 1.17. The van der Waals surface area contributed by atoms with Gasteiger partial charge in [0.25, 0.3) is 5.91 Å². The fraction of sp³-hybridized carbons (Fsp3) is 0.0952. The zero-order valence-corrected chi connectivity index (χ0v) is 14.7. The van der Waals surface area contributed by atoms with Gasteiger partial charge < -0.3 is 9.88 Å². The molecule has 0 bridgehead atoms. The third-order valence-corrected chi connectivity index (χ3v) is 4.23. The lowest BCUT2D eigenvalue weighted by Crippen LogP contribution is -2.28. The molecule has 0 saturated carbocycles. The van der Waals surface area contributed by atoms with Crippen molar-refractivity contribution in [3.8, 4) is 16.9 Å². The van der Waals surface area contributed by atoms with E-state index in [1.54, 1.807) is 17.2 Å². The van der Waals surface area contributed by atoms with Crippen LogP contribution in [0, 0.1) is 0 Å². The molecule has 4 rings (SSSR count). The summed E-state index contributed by atoms with van der Waals surface area (Å²) in [7, 11) is 0. The topological polar surface area (TPSA) is 64.7 Å². The molecule has 6 nitrogen and oxygen atoms in total. The van der Waals surface area contributed by atoms with Crippen LogP contribution in [-0.4, -0.2) is 31.8 Å². The normalized spacial score (nSPS) is 10.7. The Kier molecular flexibility index (Phi) is 4.78. The third kappa shape index (κ3) is 3.79. The number of benzene rings is 2. The Morgan fingerprint density at radius 3 is 2.44 bits per heavy atom. The molecule has 4 aromatic rings. The second kappa shape index (κ2) is 7.70. The minimum Gasteiger partial charge on any atom is -0.349 e. The van der Waals surface area contributed by atoms with Gasteiger partial charge in [-0.3, -0.25) is 4.79 Å². The Balaban J connectivity index is 1.61. The van der Waals surface area contributed by atoms with Crippen LogP contribution < -0.4 is 5.32 Å². The Labute approximate surface area is 157 Å². The molecule has 6 heteroatoms. The molecular formula is C21H19N5O. The zero-order valence-electron chi connectivity index (χ0n) is 14.7. The number of nitrogens with one attached hydrogen (secondary N) is 1. The van der Waals surface area contributed by atoms with Gasteiger partial charge in [-0.25, -0.2) is 9.67 Å². The van der Waals surface area contributed by atoms with Crippen molar-refractivity contribution in [2.24, 2.45) is 0 Å².